The molecule has 0 aliphatic rings. The second kappa shape index (κ2) is 6.13. The normalized spacial score (nSPS) is 10.4. The first-order valence-corrected chi connectivity index (χ1v) is 6.45. The van der Waals surface area contributed by atoms with Crippen molar-refractivity contribution >= 4 is 11.9 Å². The number of rotatable bonds is 5. The van der Waals surface area contributed by atoms with Crippen LogP contribution >= 0.6 is 0 Å². The summed E-state index contributed by atoms with van der Waals surface area (Å²) in [5.74, 6) is -1.90. The van der Waals surface area contributed by atoms with Gasteiger partial charge in [0, 0.05) is 29.1 Å². The van der Waals surface area contributed by atoms with Gasteiger partial charge in [0.05, 0.1) is 6.42 Å². The van der Waals surface area contributed by atoms with Crippen LogP contribution in [0, 0.1) is 0 Å². The lowest BCUT2D eigenvalue weighted by atomic mass is 10.1. The molecule has 0 fully saturated rings. The molecule has 0 atom stereocenters. The highest BCUT2D eigenvalue weighted by Gasteiger charge is 2.12. The first-order chi connectivity index (χ1) is 10.4. The Morgan fingerprint density at radius 1 is 1.18 bits per heavy atom. The fraction of sp³-hybridized carbons (Fsp3) is 0.133. The van der Waals surface area contributed by atoms with Crippen molar-refractivity contribution in [2.24, 2.45) is 5.73 Å². The maximum absolute atomic E-state index is 12.1. The first-order valence-electron chi connectivity index (χ1n) is 6.45. The van der Waals surface area contributed by atoms with Crippen molar-refractivity contribution in [3.63, 3.8) is 0 Å². The van der Waals surface area contributed by atoms with Gasteiger partial charge in [-0.25, -0.2) is 0 Å². The molecule has 1 aromatic heterocycles. The van der Waals surface area contributed by atoms with Gasteiger partial charge in [0.1, 0.15) is 5.75 Å². The van der Waals surface area contributed by atoms with Gasteiger partial charge in [-0.2, -0.15) is 0 Å². The van der Waals surface area contributed by atoms with E-state index >= 15 is 0 Å². The number of carboxylic acids is 1. The minimum atomic E-state index is -1.02. The van der Waals surface area contributed by atoms with E-state index in [1.807, 2.05) is 0 Å². The maximum atomic E-state index is 12.1. The molecule has 1 heterocycles. The molecule has 1 amide bonds. The van der Waals surface area contributed by atoms with Crippen LogP contribution in [0.5, 0.6) is 5.75 Å². The molecule has 0 aliphatic carbocycles. The summed E-state index contributed by atoms with van der Waals surface area (Å²) in [4.78, 5) is 34.1. The number of aromatic nitrogens is 1. The van der Waals surface area contributed by atoms with Crippen molar-refractivity contribution in [2.45, 2.75) is 12.8 Å². The minimum absolute atomic E-state index is 0.0553. The first kappa shape index (κ1) is 15.3. The number of primary amides is 1. The van der Waals surface area contributed by atoms with E-state index in [4.69, 9.17) is 10.8 Å². The highest BCUT2D eigenvalue weighted by Crippen LogP contribution is 2.16. The highest BCUT2D eigenvalue weighted by molar-refractivity contribution is 5.93. The Labute approximate surface area is 125 Å². The summed E-state index contributed by atoms with van der Waals surface area (Å²) in [6, 6.07) is 8.44. The number of aliphatic carboxylic acids is 1. The lowest BCUT2D eigenvalue weighted by Gasteiger charge is -2.13. The minimum Gasteiger partial charge on any atom is -0.508 e. The summed E-state index contributed by atoms with van der Waals surface area (Å²) in [6.45, 7) is 0. The van der Waals surface area contributed by atoms with Gasteiger partial charge >= 0.3 is 5.97 Å². The van der Waals surface area contributed by atoms with Gasteiger partial charge in [-0.3, -0.25) is 19.0 Å². The van der Waals surface area contributed by atoms with Gasteiger partial charge in [-0.15, -0.1) is 0 Å². The molecule has 0 saturated heterocycles. The van der Waals surface area contributed by atoms with E-state index in [9.17, 15) is 19.5 Å². The highest BCUT2D eigenvalue weighted by atomic mass is 16.4. The Bertz CT molecular complexity index is 795. The summed E-state index contributed by atoms with van der Waals surface area (Å²) < 4.78 is 1.25. The molecule has 0 bridgehead atoms. The number of amides is 1. The lowest BCUT2D eigenvalue weighted by Crippen LogP contribution is -2.22. The second-order valence-electron chi connectivity index (χ2n) is 4.69. The third-order valence-electron chi connectivity index (χ3n) is 3.08. The van der Waals surface area contributed by atoms with Crippen molar-refractivity contribution in [1.82, 2.24) is 4.57 Å². The SMILES string of the molecule is NC(=O)c1cccc(-n2c(CCC(=O)O)cc(O)cc2=O)c1. The van der Waals surface area contributed by atoms with Crippen molar-refractivity contribution in [1.29, 1.82) is 0 Å². The molecule has 0 radical (unpaired) electrons. The number of nitrogens with two attached hydrogens (primary N) is 1. The number of pyridine rings is 1. The number of hydrogen-bond acceptors (Lipinski definition) is 4. The molecule has 114 valence electrons. The van der Waals surface area contributed by atoms with E-state index in [1.165, 1.54) is 22.8 Å². The van der Waals surface area contributed by atoms with Crippen LogP contribution in [0.1, 0.15) is 22.5 Å². The van der Waals surface area contributed by atoms with Gasteiger partial charge in [0.15, 0.2) is 0 Å². The third-order valence-corrected chi connectivity index (χ3v) is 3.08. The summed E-state index contributed by atoms with van der Waals surface area (Å²) in [5, 5.41) is 18.3. The third kappa shape index (κ3) is 3.32. The molecular weight excluding hydrogens is 288 g/mol. The number of aryl methyl sites for hydroxylation is 1. The van der Waals surface area contributed by atoms with E-state index in [1.54, 1.807) is 12.1 Å². The van der Waals surface area contributed by atoms with Crippen LogP contribution in [0.3, 0.4) is 0 Å². The van der Waals surface area contributed by atoms with Crippen molar-refractivity contribution in [2.75, 3.05) is 0 Å². The molecule has 4 N–H and O–H groups in total. The van der Waals surface area contributed by atoms with Crippen LogP contribution in [0.25, 0.3) is 5.69 Å². The second-order valence-corrected chi connectivity index (χ2v) is 4.69. The zero-order valence-corrected chi connectivity index (χ0v) is 11.5. The van der Waals surface area contributed by atoms with Crippen LogP contribution in [-0.2, 0) is 11.2 Å². The molecule has 1 aromatic carbocycles. The van der Waals surface area contributed by atoms with E-state index < -0.39 is 17.4 Å². The molecule has 0 saturated carbocycles. The monoisotopic (exact) mass is 302 g/mol. The fourth-order valence-electron chi connectivity index (χ4n) is 2.12. The Morgan fingerprint density at radius 3 is 2.55 bits per heavy atom. The Kier molecular flexibility index (Phi) is 4.26. The zero-order chi connectivity index (χ0) is 16.3. The molecule has 7 nitrogen and oxygen atoms in total. The van der Waals surface area contributed by atoms with Gasteiger partial charge in [-0.05, 0) is 24.6 Å². The average Bonchev–Trinajstić information content (AvgIpc) is 2.44. The molecule has 2 rings (SSSR count). The quantitative estimate of drug-likeness (QED) is 0.748. The van der Waals surface area contributed by atoms with Gasteiger partial charge < -0.3 is 15.9 Å². The fourth-order valence-corrected chi connectivity index (χ4v) is 2.12. The standard InChI is InChI=1S/C15H14N2O5/c16-15(22)9-2-1-3-10(6-9)17-11(4-5-14(20)21)7-12(18)8-13(17)19/h1-3,6-8,18H,4-5H2,(H2,16,22)(H,20,21). The van der Waals surface area contributed by atoms with E-state index in [2.05, 4.69) is 0 Å². The molecule has 2 aromatic rings. The van der Waals surface area contributed by atoms with Gasteiger partial charge in [0.2, 0.25) is 5.91 Å². The Hall–Kier alpha value is -3.09. The summed E-state index contributed by atoms with van der Waals surface area (Å²) in [6.07, 6.45) is -0.141. The molecule has 22 heavy (non-hydrogen) atoms. The number of aromatic hydroxyl groups is 1. The number of hydrogen-bond donors (Lipinski definition) is 3. The molecule has 0 aliphatic heterocycles. The maximum Gasteiger partial charge on any atom is 0.303 e. The van der Waals surface area contributed by atoms with Crippen molar-refractivity contribution in [3.8, 4) is 11.4 Å². The lowest BCUT2D eigenvalue weighted by molar-refractivity contribution is -0.137. The van der Waals surface area contributed by atoms with E-state index in [-0.39, 0.29) is 24.2 Å². The summed E-state index contributed by atoms with van der Waals surface area (Å²) in [5.41, 5.74) is 5.62. The Morgan fingerprint density at radius 2 is 1.91 bits per heavy atom. The molecule has 0 unspecified atom stereocenters. The predicted molar refractivity (Wildman–Crippen MR) is 78.2 cm³/mol. The van der Waals surface area contributed by atoms with Crippen LogP contribution in [-0.4, -0.2) is 26.7 Å². The zero-order valence-electron chi connectivity index (χ0n) is 11.5. The number of carbonyl (C=O) groups excluding carboxylic acids is 1. The topological polar surface area (TPSA) is 123 Å². The van der Waals surface area contributed by atoms with Crippen LogP contribution < -0.4 is 11.3 Å². The molecular formula is C15H14N2O5. The predicted octanol–water partition coefficient (Wildman–Crippen LogP) is 0.659. The van der Waals surface area contributed by atoms with Crippen LogP contribution in [0.4, 0.5) is 0 Å². The Balaban J connectivity index is 2.58. The molecule has 0 spiro atoms. The van der Waals surface area contributed by atoms with Gasteiger partial charge in [0.25, 0.3) is 5.56 Å². The number of benzene rings is 1. The smallest absolute Gasteiger partial charge is 0.303 e. The number of nitrogens with zero attached hydrogens (tertiary/aromatic N) is 1. The van der Waals surface area contributed by atoms with Gasteiger partial charge in [-0.1, -0.05) is 6.07 Å². The van der Waals surface area contributed by atoms with Crippen LogP contribution in [0.2, 0.25) is 0 Å². The largest absolute Gasteiger partial charge is 0.508 e. The average molecular weight is 302 g/mol. The number of carbonyl (C=O) groups is 2. The number of carboxylic acid groups (broad SMARTS) is 1. The van der Waals surface area contributed by atoms with Crippen molar-refractivity contribution < 1.29 is 19.8 Å². The van der Waals surface area contributed by atoms with E-state index in [0.29, 0.717) is 11.4 Å². The summed E-state index contributed by atoms with van der Waals surface area (Å²) >= 11 is 0. The molecule has 7 heteroatoms. The van der Waals surface area contributed by atoms with E-state index in [0.717, 1.165) is 6.07 Å². The summed E-state index contributed by atoms with van der Waals surface area (Å²) in [7, 11) is 0. The van der Waals surface area contributed by atoms with Crippen LogP contribution in [0.15, 0.2) is 41.2 Å². The van der Waals surface area contributed by atoms with Crippen molar-refractivity contribution in [3.05, 3.63) is 58.0 Å².